The average Bonchev–Trinajstić information content (AvgIpc) is 2.97. The van der Waals surface area contributed by atoms with Crippen molar-refractivity contribution in [3.8, 4) is 0 Å². The number of nitrogens with zero attached hydrogens (tertiary/aromatic N) is 5. The molecule has 3 aromatic heterocycles. The standard InChI is InChI=1S/C8H7N7S/c1-2-16-8-5(1)7(10-4-11-8)9-3-6-12-14-15-13-6/h1-2,4H,3H2,(H,9,10,11)(H,12,13,14,15). The zero-order valence-electron chi connectivity index (χ0n) is 8.08. The largest absolute Gasteiger partial charge is 0.362 e. The third-order valence-corrected chi connectivity index (χ3v) is 2.89. The molecular formula is C8H7N7S. The minimum absolute atomic E-state index is 0.485. The highest BCUT2D eigenvalue weighted by Crippen LogP contribution is 2.23. The molecule has 0 bridgehead atoms. The van der Waals surface area contributed by atoms with E-state index in [4.69, 9.17) is 0 Å². The van der Waals surface area contributed by atoms with Crippen molar-refractivity contribution in [2.75, 3.05) is 5.32 Å². The first kappa shape index (κ1) is 9.16. The van der Waals surface area contributed by atoms with E-state index in [1.807, 2.05) is 11.4 Å². The zero-order chi connectivity index (χ0) is 10.8. The van der Waals surface area contributed by atoms with Crippen LogP contribution in [0.1, 0.15) is 5.82 Å². The van der Waals surface area contributed by atoms with Crippen molar-refractivity contribution in [1.29, 1.82) is 0 Å². The summed E-state index contributed by atoms with van der Waals surface area (Å²) in [5.74, 6) is 1.39. The SMILES string of the molecule is c1nc(NCc2nn[nH]n2)c2ccsc2n1. The highest BCUT2D eigenvalue weighted by atomic mass is 32.1. The number of H-pyrrole nitrogens is 1. The second-order valence-corrected chi connectivity index (χ2v) is 3.94. The van der Waals surface area contributed by atoms with Gasteiger partial charge in [-0.05, 0) is 11.4 Å². The first-order valence-corrected chi connectivity index (χ1v) is 5.46. The van der Waals surface area contributed by atoms with Gasteiger partial charge in [0.15, 0.2) is 5.82 Å². The maximum absolute atomic E-state index is 4.18. The maximum atomic E-state index is 4.18. The van der Waals surface area contributed by atoms with E-state index in [0.29, 0.717) is 12.4 Å². The number of fused-ring (bicyclic) bond motifs is 1. The Morgan fingerprint density at radius 2 is 2.38 bits per heavy atom. The van der Waals surface area contributed by atoms with Crippen LogP contribution >= 0.6 is 11.3 Å². The summed E-state index contributed by atoms with van der Waals surface area (Å²) >= 11 is 1.58. The summed E-state index contributed by atoms with van der Waals surface area (Å²) in [4.78, 5) is 9.30. The topological polar surface area (TPSA) is 92.3 Å². The Kier molecular flexibility index (Phi) is 2.18. The van der Waals surface area contributed by atoms with E-state index in [1.54, 1.807) is 11.3 Å². The summed E-state index contributed by atoms with van der Waals surface area (Å²) in [7, 11) is 0. The van der Waals surface area contributed by atoms with Crippen molar-refractivity contribution in [2.45, 2.75) is 6.54 Å². The fourth-order valence-corrected chi connectivity index (χ4v) is 2.08. The van der Waals surface area contributed by atoms with Gasteiger partial charge in [-0.2, -0.15) is 5.21 Å². The molecule has 16 heavy (non-hydrogen) atoms. The van der Waals surface area contributed by atoms with E-state index in [-0.39, 0.29) is 0 Å². The monoisotopic (exact) mass is 233 g/mol. The average molecular weight is 233 g/mol. The molecule has 0 spiro atoms. The van der Waals surface area contributed by atoms with E-state index in [0.717, 1.165) is 16.0 Å². The van der Waals surface area contributed by atoms with E-state index < -0.39 is 0 Å². The molecule has 0 amide bonds. The Balaban J connectivity index is 1.86. The van der Waals surface area contributed by atoms with Crippen LogP contribution in [0.25, 0.3) is 10.2 Å². The van der Waals surface area contributed by atoms with Gasteiger partial charge >= 0.3 is 0 Å². The van der Waals surface area contributed by atoms with E-state index in [9.17, 15) is 0 Å². The van der Waals surface area contributed by atoms with Crippen LogP contribution < -0.4 is 5.32 Å². The van der Waals surface area contributed by atoms with Gasteiger partial charge in [0, 0.05) is 0 Å². The van der Waals surface area contributed by atoms with Crippen LogP contribution in [0.5, 0.6) is 0 Å². The molecule has 0 aliphatic carbocycles. The number of rotatable bonds is 3. The zero-order valence-corrected chi connectivity index (χ0v) is 8.90. The van der Waals surface area contributed by atoms with Crippen molar-refractivity contribution < 1.29 is 0 Å². The minimum atomic E-state index is 0.485. The Morgan fingerprint density at radius 3 is 3.25 bits per heavy atom. The number of hydrogen-bond acceptors (Lipinski definition) is 7. The quantitative estimate of drug-likeness (QED) is 0.695. The van der Waals surface area contributed by atoms with Gasteiger partial charge in [0.2, 0.25) is 0 Å². The van der Waals surface area contributed by atoms with E-state index in [2.05, 4.69) is 35.9 Å². The van der Waals surface area contributed by atoms with Crippen LogP contribution in [-0.4, -0.2) is 30.6 Å². The summed E-state index contributed by atoms with van der Waals surface area (Å²) in [5, 5.41) is 19.7. The number of tetrazole rings is 1. The number of anilines is 1. The molecular weight excluding hydrogens is 226 g/mol. The van der Waals surface area contributed by atoms with Crippen molar-refractivity contribution in [2.24, 2.45) is 0 Å². The van der Waals surface area contributed by atoms with Gasteiger partial charge in [-0.3, -0.25) is 0 Å². The smallest absolute Gasteiger partial charge is 0.193 e. The minimum Gasteiger partial charge on any atom is -0.362 e. The summed E-state index contributed by atoms with van der Waals surface area (Å²) in [6, 6.07) is 1.98. The molecule has 0 atom stereocenters. The summed E-state index contributed by atoms with van der Waals surface area (Å²) in [6.45, 7) is 0.485. The lowest BCUT2D eigenvalue weighted by atomic mass is 10.4. The van der Waals surface area contributed by atoms with Crippen LogP contribution in [0.4, 0.5) is 5.82 Å². The molecule has 3 heterocycles. The molecule has 0 fully saturated rings. The molecule has 0 aromatic carbocycles. The fraction of sp³-hybridized carbons (Fsp3) is 0.125. The Hall–Kier alpha value is -2.09. The van der Waals surface area contributed by atoms with Gasteiger partial charge in [-0.1, -0.05) is 5.21 Å². The molecule has 0 aliphatic heterocycles. The van der Waals surface area contributed by atoms with E-state index in [1.165, 1.54) is 6.33 Å². The number of thiophene rings is 1. The van der Waals surface area contributed by atoms with Crippen molar-refractivity contribution in [1.82, 2.24) is 30.6 Å². The van der Waals surface area contributed by atoms with Gasteiger partial charge < -0.3 is 5.32 Å². The van der Waals surface area contributed by atoms with Crippen LogP contribution in [0.2, 0.25) is 0 Å². The number of aromatic nitrogens is 6. The first-order chi connectivity index (χ1) is 7.93. The van der Waals surface area contributed by atoms with Crippen molar-refractivity contribution >= 4 is 27.4 Å². The predicted octanol–water partition coefficient (Wildman–Crippen LogP) is 0.816. The number of aromatic amines is 1. The molecule has 3 rings (SSSR count). The first-order valence-electron chi connectivity index (χ1n) is 4.58. The highest BCUT2D eigenvalue weighted by Gasteiger charge is 2.05. The van der Waals surface area contributed by atoms with Gasteiger partial charge in [0.05, 0.1) is 11.9 Å². The number of hydrogen-bond donors (Lipinski definition) is 2. The second kappa shape index (κ2) is 3.81. The fourth-order valence-electron chi connectivity index (χ4n) is 1.35. The highest BCUT2D eigenvalue weighted by molar-refractivity contribution is 7.16. The lowest BCUT2D eigenvalue weighted by Gasteiger charge is -2.02. The van der Waals surface area contributed by atoms with Crippen LogP contribution in [0.3, 0.4) is 0 Å². The lowest BCUT2D eigenvalue weighted by molar-refractivity contribution is 0.881. The third-order valence-electron chi connectivity index (χ3n) is 2.06. The Morgan fingerprint density at radius 1 is 1.38 bits per heavy atom. The normalized spacial score (nSPS) is 10.8. The lowest BCUT2D eigenvalue weighted by Crippen LogP contribution is -2.03. The summed E-state index contributed by atoms with van der Waals surface area (Å²) < 4.78 is 0. The second-order valence-electron chi connectivity index (χ2n) is 3.04. The number of nitrogens with one attached hydrogen (secondary N) is 2. The molecule has 8 heteroatoms. The molecule has 0 unspecified atom stereocenters. The molecule has 3 aromatic rings. The summed E-state index contributed by atoms with van der Waals surface area (Å²) in [6.07, 6.45) is 1.54. The van der Waals surface area contributed by atoms with Gasteiger partial charge in [0.25, 0.3) is 0 Å². The maximum Gasteiger partial charge on any atom is 0.193 e. The van der Waals surface area contributed by atoms with Crippen molar-refractivity contribution in [3.63, 3.8) is 0 Å². The van der Waals surface area contributed by atoms with Crippen LogP contribution in [-0.2, 0) is 6.54 Å². The van der Waals surface area contributed by atoms with Gasteiger partial charge in [0.1, 0.15) is 17.0 Å². The Labute approximate surface area is 93.9 Å². The molecule has 2 N–H and O–H groups in total. The summed E-state index contributed by atoms with van der Waals surface area (Å²) in [5.41, 5.74) is 0. The van der Waals surface area contributed by atoms with Gasteiger partial charge in [-0.15, -0.1) is 21.5 Å². The van der Waals surface area contributed by atoms with E-state index >= 15 is 0 Å². The van der Waals surface area contributed by atoms with Crippen molar-refractivity contribution in [3.05, 3.63) is 23.6 Å². The van der Waals surface area contributed by atoms with Crippen LogP contribution in [0.15, 0.2) is 17.8 Å². The molecule has 7 nitrogen and oxygen atoms in total. The molecule has 0 saturated heterocycles. The Bertz CT molecular complexity index is 587. The van der Waals surface area contributed by atoms with Crippen LogP contribution in [0, 0.1) is 0 Å². The third kappa shape index (κ3) is 1.58. The molecule has 80 valence electrons. The molecule has 0 aliphatic rings. The predicted molar refractivity (Wildman–Crippen MR) is 58.9 cm³/mol. The molecule has 0 radical (unpaired) electrons. The molecule has 0 saturated carbocycles. The van der Waals surface area contributed by atoms with Gasteiger partial charge in [-0.25, -0.2) is 9.97 Å².